The summed E-state index contributed by atoms with van der Waals surface area (Å²) in [4.78, 5) is 24.3. The van der Waals surface area contributed by atoms with Gasteiger partial charge in [0, 0.05) is 23.7 Å². The van der Waals surface area contributed by atoms with Crippen molar-refractivity contribution >= 4 is 35.0 Å². The Morgan fingerprint density at radius 3 is 2.76 bits per heavy atom. The highest BCUT2D eigenvalue weighted by Gasteiger charge is 2.13. The van der Waals surface area contributed by atoms with Gasteiger partial charge in [0.05, 0.1) is 23.6 Å². The standard InChI is InChI=1S/C20H26ClN3O4S/c1-3-5-13-9-14(20(27)28)6-7-17(13)29-12-15(25)10-22-16-11-23-24(8-4-2)19(26)18(16)21/h6-7,9,11,15,22,25H,3-5,8,10,12H2,1-2H3,(H,27,28). The van der Waals surface area contributed by atoms with E-state index in [-0.39, 0.29) is 22.7 Å². The van der Waals surface area contributed by atoms with Gasteiger partial charge in [0.15, 0.2) is 0 Å². The number of hydrogen-bond donors (Lipinski definition) is 3. The zero-order valence-corrected chi connectivity index (χ0v) is 18.1. The fourth-order valence-electron chi connectivity index (χ4n) is 2.75. The summed E-state index contributed by atoms with van der Waals surface area (Å²) in [6.45, 7) is 4.69. The molecule has 2 rings (SSSR count). The first kappa shape index (κ1) is 23.3. The van der Waals surface area contributed by atoms with E-state index in [1.54, 1.807) is 18.2 Å². The molecular formula is C20H26ClN3O4S. The molecule has 0 radical (unpaired) electrons. The summed E-state index contributed by atoms with van der Waals surface area (Å²) in [6.07, 6.45) is 3.24. The van der Waals surface area contributed by atoms with Crippen LogP contribution in [0.1, 0.15) is 42.6 Å². The summed E-state index contributed by atoms with van der Waals surface area (Å²) in [5.74, 6) is -0.539. The quantitative estimate of drug-likeness (QED) is 0.460. The largest absolute Gasteiger partial charge is 0.478 e. The SMILES string of the molecule is CCCc1cc(C(=O)O)ccc1SCC(O)CNc1cnn(CCC)c(=O)c1Cl. The molecule has 0 amide bonds. The Kier molecular flexibility index (Phi) is 9.00. The van der Waals surface area contributed by atoms with Crippen molar-refractivity contribution in [3.05, 3.63) is 50.9 Å². The molecule has 29 heavy (non-hydrogen) atoms. The Bertz CT molecular complexity index is 904. The minimum absolute atomic E-state index is 0.0581. The second kappa shape index (κ2) is 11.2. The van der Waals surface area contributed by atoms with E-state index >= 15 is 0 Å². The van der Waals surface area contributed by atoms with Crippen molar-refractivity contribution in [3.63, 3.8) is 0 Å². The second-order valence-electron chi connectivity index (χ2n) is 6.62. The number of aryl methyl sites for hydroxylation is 2. The average Bonchev–Trinajstić information content (AvgIpc) is 2.70. The van der Waals surface area contributed by atoms with E-state index in [2.05, 4.69) is 10.4 Å². The lowest BCUT2D eigenvalue weighted by Crippen LogP contribution is -2.26. The van der Waals surface area contributed by atoms with Gasteiger partial charge >= 0.3 is 5.97 Å². The zero-order valence-electron chi connectivity index (χ0n) is 16.5. The monoisotopic (exact) mass is 439 g/mol. The molecule has 0 bridgehead atoms. The van der Waals surface area contributed by atoms with Crippen LogP contribution in [0.2, 0.25) is 5.02 Å². The lowest BCUT2D eigenvalue weighted by molar-refractivity contribution is 0.0696. The molecule has 0 aliphatic carbocycles. The van der Waals surface area contributed by atoms with E-state index in [1.807, 2.05) is 13.8 Å². The molecule has 2 aromatic rings. The molecule has 7 nitrogen and oxygen atoms in total. The van der Waals surface area contributed by atoms with Crippen LogP contribution in [0.3, 0.4) is 0 Å². The van der Waals surface area contributed by atoms with E-state index in [9.17, 15) is 14.7 Å². The number of carboxylic acid groups (broad SMARTS) is 1. The van der Waals surface area contributed by atoms with Crippen LogP contribution in [0.5, 0.6) is 0 Å². The number of nitrogens with one attached hydrogen (secondary N) is 1. The average molecular weight is 440 g/mol. The highest BCUT2D eigenvalue weighted by atomic mass is 35.5. The van der Waals surface area contributed by atoms with Crippen molar-refractivity contribution in [2.45, 2.75) is 50.7 Å². The topological polar surface area (TPSA) is 104 Å². The molecule has 1 aromatic carbocycles. The van der Waals surface area contributed by atoms with E-state index in [4.69, 9.17) is 16.7 Å². The van der Waals surface area contributed by atoms with Crippen LogP contribution >= 0.6 is 23.4 Å². The van der Waals surface area contributed by atoms with Gasteiger partial charge in [-0.3, -0.25) is 4.79 Å². The van der Waals surface area contributed by atoms with Crippen molar-refractivity contribution in [1.82, 2.24) is 9.78 Å². The summed E-state index contributed by atoms with van der Waals surface area (Å²) < 4.78 is 1.32. The number of anilines is 1. The number of thioether (sulfide) groups is 1. The predicted octanol–water partition coefficient (Wildman–Crippen LogP) is 3.52. The summed E-state index contributed by atoms with van der Waals surface area (Å²) in [7, 11) is 0. The molecule has 0 aliphatic heterocycles. The number of aromatic nitrogens is 2. The Morgan fingerprint density at radius 1 is 1.34 bits per heavy atom. The van der Waals surface area contributed by atoms with Crippen molar-refractivity contribution in [2.24, 2.45) is 0 Å². The van der Waals surface area contributed by atoms with Crippen LogP contribution in [-0.2, 0) is 13.0 Å². The molecule has 158 valence electrons. The van der Waals surface area contributed by atoms with E-state index in [0.29, 0.717) is 18.0 Å². The van der Waals surface area contributed by atoms with Gasteiger partial charge < -0.3 is 15.5 Å². The maximum atomic E-state index is 12.1. The first-order valence-electron chi connectivity index (χ1n) is 9.53. The number of rotatable bonds is 11. The number of halogens is 1. The first-order valence-corrected chi connectivity index (χ1v) is 10.9. The highest BCUT2D eigenvalue weighted by Crippen LogP contribution is 2.26. The van der Waals surface area contributed by atoms with Gasteiger partial charge in [0.1, 0.15) is 5.02 Å². The molecular weight excluding hydrogens is 414 g/mol. The minimum Gasteiger partial charge on any atom is -0.478 e. The Labute approximate surface area is 179 Å². The molecule has 0 saturated carbocycles. The number of aromatic carboxylic acids is 1. The van der Waals surface area contributed by atoms with Gasteiger partial charge in [-0.2, -0.15) is 5.10 Å². The van der Waals surface area contributed by atoms with E-state index < -0.39 is 12.1 Å². The number of hydrogen-bond acceptors (Lipinski definition) is 6. The summed E-state index contributed by atoms with van der Waals surface area (Å²) in [5, 5.41) is 26.6. The lowest BCUT2D eigenvalue weighted by atomic mass is 10.1. The third-order valence-electron chi connectivity index (χ3n) is 4.21. The normalized spacial score (nSPS) is 12.0. The molecule has 0 saturated heterocycles. The van der Waals surface area contributed by atoms with Crippen LogP contribution in [0.15, 0.2) is 34.1 Å². The molecule has 1 heterocycles. The van der Waals surface area contributed by atoms with Gasteiger partial charge in [-0.15, -0.1) is 11.8 Å². The fraction of sp³-hybridized carbons (Fsp3) is 0.450. The van der Waals surface area contributed by atoms with Crippen molar-refractivity contribution in [3.8, 4) is 0 Å². The minimum atomic E-state index is -0.950. The maximum Gasteiger partial charge on any atom is 0.335 e. The molecule has 0 aliphatic rings. The molecule has 0 spiro atoms. The predicted molar refractivity (Wildman–Crippen MR) is 116 cm³/mol. The van der Waals surface area contributed by atoms with Gasteiger partial charge in [-0.25, -0.2) is 9.48 Å². The van der Waals surface area contributed by atoms with Crippen LogP contribution in [-0.4, -0.2) is 44.4 Å². The first-order chi connectivity index (χ1) is 13.9. The Morgan fingerprint density at radius 2 is 2.10 bits per heavy atom. The number of nitrogens with zero attached hydrogens (tertiary/aromatic N) is 2. The van der Waals surface area contributed by atoms with Gasteiger partial charge in [0.25, 0.3) is 5.56 Å². The molecule has 1 unspecified atom stereocenters. The third kappa shape index (κ3) is 6.48. The smallest absolute Gasteiger partial charge is 0.335 e. The maximum absolute atomic E-state index is 12.1. The van der Waals surface area contributed by atoms with E-state index in [1.165, 1.54) is 22.6 Å². The number of aliphatic hydroxyl groups is 1. The van der Waals surface area contributed by atoms with Crippen molar-refractivity contribution < 1.29 is 15.0 Å². The van der Waals surface area contributed by atoms with Crippen LogP contribution in [0.25, 0.3) is 0 Å². The second-order valence-corrected chi connectivity index (χ2v) is 8.06. The fourth-order valence-corrected chi connectivity index (χ4v) is 3.96. The Balaban J connectivity index is 1.97. The van der Waals surface area contributed by atoms with Crippen LogP contribution < -0.4 is 10.9 Å². The third-order valence-corrected chi connectivity index (χ3v) is 5.83. The lowest BCUT2D eigenvalue weighted by Gasteiger charge is -2.15. The summed E-state index contributed by atoms with van der Waals surface area (Å²) >= 11 is 7.59. The highest BCUT2D eigenvalue weighted by molar-refractivity contribution is 7.99. The molecule has 3 N–H and O–H groups in total. The summed E-state index contributed by atoms with van der Waals surface area (Å²) in [6, 6.07) is 5.05. The zero-order chi connectivity index (χ0) is 21.4. The Hall–Kier alpha value is -2.03. The number of carbonyl (C=O) groups is 1. The summed E-state index contributed by atoms with van der Waals surface area (Å²) in [5.41, 5.74) is 1.26. The number of benzene rings is 1. The van der Waals surface area contributed by atoms with Crippen molar-refractivity contribution in [1.29, 1.82) is 0 Å². The van der Waals surface area contributed by atoms with Gasteiger partial charge in [-0.05, 0) is 36.6 Å². The number of aliphatic hydroxyl groups excluding tert-OH is 1. The van der Waals surface area contributed by atoms with Crippen LogP contribution in [0, 0.1) is 0 Å². The molecule has 1 atom stereocenters. The number of carboxylic acids is 1. The molecule has 9 heteroatoms. The molecule has 0 fully saturated rings. The van der Waals surface area contributed by atoms with Gasteiger partial charge in [0.2, 0.25) is 0 Å². The van der Waals surface area contributed by atoms with E-state index in [0.717, 1.165) is 29.7 Å². The van der Waals surface area contributed by atoms with Crippen molar-refractivity contribution in [2.75, 3.05) is 17.6 Å². The van der Waals surface area contributed by atoms with Crippen LogP contribution in [0.4, 0.5) is 5.69 Å². The van der Waals surface area contributed by atoms with Gasteiger partial charge in [-0.1, -0.05) is 31.9 Å². The molecule has 1 aromatic heterocycles.